The Labute approximate surface area is 223 Å². The number of nitrogens with two attached hydrogens (primary N) is 1. The van der Waals surface area contributed by atoms with Gasteiger partial charge in [0.25, 0.3) is 5.91 Å². The summed E-state index contributed by atoms with van der Waals surface area (Å²) in [5.41, 5.74) is 7.70. The number of piperidine rings is 1. The van der Waals surface area contributed by atoms with Crippen LogP contribution in [0, 0.1) is 0 Å². The third-order valence-electron chi connectivity index (χ3n) is 7.01. The average molecular weight is 552 g/mol. The molecule has 0 atom stereocenters. The second-order valence-corrected chi connectivity index (χ2v) is 11.6. The molecule has 2 aliphatic rings. The van der Waals surface area contributed by atoms with E-state index in [-0.39, 0.29) is 16.7 Å². The van der Waals surface area contributed by atoms with E-state index >= 15 is 0 Å². The minimum atomic E-state index is -3.12. The number of piperazine rings is 1. The van der Waals surface area contributed by atoms with Crippen molar-refractivity contribution in [2.75, 3.05) is 62.9 Å². The van der Waals surface area contributed by atoms with Crippen molar-refractivity contribution in [3.63, 3.8) is 0 Å². The van der Waals surface area contributed by atoms with Crippen molar-refractivity contribution in [1.82, 2.24) is 19.2 Å². The molecule has 0 unspecified atom stereocenters. The Hall–Kier alpha value is -2.67. The maximum Gasteiger partial charge on any atom is 0.271 e. The third kappa shape index (κ3) is 6.25. The van der Waals surface area contributed by atoms with E-state index in [9.17, 15) is 13.2 Å². The Kier molecular flexibility index (Phi) is 8.42. The SMILES string of the molecule is CCc1nc(C(N)=O)c(Nc2ccc(N3CCC(N4CCN(S(C)(=O)=O)CC4)CC3)cc2OC)nc1Cl. The summed E-state index contributed by atoms with van der Waals surface area (Å²) in [7, 11) is -1.54. The summed E-state index contributed by atoms with van der Waals surface area (Å²) in [5.74, 6) is 0.0690. The summed E-state index contributed by atoms with van der Waals surface area (Å²) in [5, 5.41) is 3.32. The molecule has 3 heterocycles. The van der Waals surface area contributed by atoms with Gasteiger partial charge in [-0.25, -0.2) is 18.4 Å². The third-order valence-corrected chi connectivity index (χ3v) is 8.62. The molecule has 13 heteroatoms. The lowest BCUT2D eigenvalue weighted by Crippen LogP contribution is -2.54. The van der Waals surface area contributed by atoms with E-state index in [1.54, 1.807) is 11.4 Å². The number of anilines is 3. The first kappa shape index (κ1) is 27.4. The smallest absolute Gasteiger partial charge is 0.271 e. The zero-order chi connectivity index (χ0) is 26.7. The number of aryl methyl sites for hydroxylation is 1. The molecule has 0 saturated carbocycles. The number of sulfonamides is 1. The van der Waals surface area contributed by atoms with Gasteiger partial charge >= 0.3 is 0 Å². The van der Waals surface area contributed by atoms with Crippen molar-refractivity contribution >= 4 is 44.7 Å². The molecular formula is C24H34ClN7O4S. The summed E-state index contributed by atoms with van der Waals surface area (Å²) < 4.78 is 30.8. The molecule has 11 nitrogen and oxygen atoms in total. The Morgan fingerprint density at radius 1 is 1.16 bits per heavy atom. The predicted molar refractivity (Wildman–Crippen MR) is 144 cm³/mol. The monoisotopic (exact) mass is 551 g/mol. The highest BCUT2D eigenvalue weighted by Crippen LogP contribution is 2.34. The van der Waals surface area contributed by atoms with Gasteiger partial charge in [0.05, 0.1) is 24.7 Å². The number of carbonyl (C=O) groups is 1. The maximum atomic E-state index is 12.0. The number of methoxy groups -OCH3 is 1. The van der Waals surface area contributed by atoms with Crippen LogP contribution in [0.3, 0.4) is 0 Å². The number of hydrogen-bond acceptors (Lipinski definition) is 9. The number of amides is 1. The highest BCUT2D eigenvalue weighted by atomic mass is 35.5. The molecule has 0 spiro atoms. The molecule has 0 aliphatic carbocycles. The van der Waals surface area contributed by atoms with Gasteiger partial charge in [-0.3, -0.25) is 9.69 Å². The van der Waals surface area contributed by atoms with Crippen molar-refractivity contribution in [3.8, 4) is 5.75 Å². The topological polar surface area (TPSA) is 134 Å². The summed E-state index contributed by atoms with van der Waals surface area (Å²) in [4.78, 5) is 25.3. The van der Waals surface area contributed by atoms with Crippen LogP contribution in [0.1, 0.15) is 35.9 Å². The van der Waals surface area contributed by atoms with Crippen LogP contribution < -0.4 is 20.7 Å². The van der Waals surface area contributed by atoms with Crippen LogP contribution in [0.15, 0.2) is 18.2 Å². The Morgan fingerprint density at radius 3 is 2.41 bits per heavy atom. The average Bonchev–Trinajstić information content (AvgIpc) is 2.88. The van der Waals surface area contributed by atoms with E-state index in [1.807, 2.05) is 25.1 Å². The second-order valence-electron chi connectivity index (χ2n) is 9.30. The lowest BCUT2D eigenvalue weighted by molar-refractivity contribution is 0.0996. The van der Waals surface area contributed by atoms with E-state index in [0.717, 1.165) is 44.7 Å². The molecule has 2 aromatic rings. The summed E-state index contributed by atoms with van der Waals surface area (Å²) in [6.07, 6.45) is 3.80. The van der Waals surface area contributed by atoms with Gasteiger partial charge in [0.2, 0.25) is 10.0 Å². The van der Waals surface area contributed by atoms with Crippen LogP contribution >= 0.6 is 11.6 Å². The van der Waals surface area contributed by atoms with Gasteiger partial charge in [-0.1, -0.05) is 18.5 Å². The van der Waals surface area contributed by atoms with Crippen molar-refractivity contribution in [2.24, 2.45) is 5.73 Å². The van der Waals surface area contributed by atoms with Crippen LogP contribution in [0.4, 0.5) is 17.2 Å². The fraction of sp³-hybridized carbons (Fsp3) is 0.542. The lowest BCUT2D eigenvalue weighted by atomic mass is 10.0. The number of hydrogen-bond donors (Lipinski definition) is 2. The number of nitrogens with one attached hydrogen (secondary N) is 1. The number of benzene rings is 1. The van der Waals surface area contributed by atoms with Crippen LogP contribution in [0.5, 0.6) is 5.75 Å². The molecule has 0 bridgehead atoms. The van der Waals surface area contributed by atoms with Crippen molar-refractivity contribution in [1.29, 1.82) is 0 Å². The fourth-order valence-electron chi connectivity index (χ4n) is 4.93. The maximum absolute atomic E-state index is 12.0. The summed E-state index contributed by atoms with van der Waals surface area (Å²) in [6.45, 7) is 6.29. The molecule has 4 rings (SSSR count). The first-order valence-corrected chi connectivity index (χ1v) is 14.6. The van der Waals surface area contributed by atoms with Crippen molar-refractivity contribution < 1.29 is 17.9 Å². The van der Waals surface area contributed by atoms with Gasteiger partial charge in [-0.2, -0.15) is 4.31 Å². The number of primary amides is 1. The van der Waals surface area contributed by atoms with E-state index in [4.69, 9.17) is 22.1 Å². The van der Waals surface area contributed by atoms with Gasteiger partial charge in [0, 0.05) is 57.1 Å². The number of nitrogens with zero attached hydrogens (tertiary/aromatic N) is 5. The number of rotatable bonds is 8. The van der Waals surface area contributed by atoms with E-state index in [2.05, 4.69) is 25.1 Å². The lowest BCUT2D eigenvalue weighted by Gasteiger charge is -2.42. The Balaban J connectivity index is 1.42. The molecule has 2 saturated heterocycles. The number of aromatic nitrogens is 2. The van der Waals surface area contributed by atoms with Gasteiger partial charge in [-0.15, -0.1) is 0 Å². The van der Waals surface area contributed by atoms with Crippen LogP contribution in [-0.4, -0.2) is 92.2 Å². The van der Waals surface area contributed by atoms with E-state index < -0.39 is 15.9 Å². The Bertz CT molecular complexity index is 1240. The number of carbonyl (C=O) groups excluding carboxylic acids is 1. The zero-order valence-corrected chi connectivity index (χ0v) is 23.0. The molecule has 202 valence electrons. The van der Waals surface area contributed by atoms with E-state index in [1.165, 1.54) is 6.26 Å². The predicted octanol–water partition coefficient (Wildman–Crippen LogP) is 2.09. The first-order chi connectivity index (χ1) is 17.6. The quantitative estimate of drug-likeness (QED) is 0.505. The van der Waals surface area contributed by atoms with Crippen molar-refractivity contribution in [3.05, 3.63) is 34.7 Å². The van der Waals surface area contributed by atoms with Crippen LogP contribution in [0.2, 0.25) is 5.15 Å². The summed E-state index contributed by atoms with van der Waals surface area (Å²) >= 11 is 6.23. The minimum Gasteiger partial charge on any atom is -0.494 e. The van der Waals surface area contributed by atoms with E-state index in [0.29, 0.717) is 42.7 Å². The van der Waals surface area contributed by atoms with Crippen LogP contribution in [-0.2, 0) is 16.4 Å². The molecule has 0 radical (unpaired) electrons. The Morgan fingerprint density at radius 2 is 1.84 bits per heavy atom. The standard InChI is InChI=1S/C24H34ClN7O4S/c1-4-18-22(25)29-24(21(27-18)23(26)33)28-19-6-5-17(15-20(19)36-2)30-9-7-16(8-10-30)31-11-13-32(14-12-31)37(3,34)35/h5-6,15-16H,4,7-14H2,1-3H3,(H2,26,33)(H,28,29). The second kappa shape index (κ2) is 11.4. The van der Waals surface area contributed by atoms with Gasteiger partial charge < -0.3 is 20.7 Å². The molecule has 37 heavy (non-hydrogen) atoms. The first-order valence-electron chi connectivity index (χ1n) is 12.4. The summed E-state index contributed by atoms with van der Waals surface area (Å²) in [6, 6.07) is 6.27. The molecule has 1 aromatic heterocycles. The van der Waals surface area contributed by atoms with Crippen molar-refractivity contribution in [2.45, 2.75) is 32.2 Å². The zero-order valence-electron chi connectivity index (χ0n) is 21.4. The molecule has 3 N–H and O–H groups in total. The molecular weight excluding hydrogens is 518 g/mol. The fourth-order valence-corrected chi connectivity index (χ4v) is 6.02. The van der Waals surface area contributed by atoms with Gasteiger partial charge in [0.1, 0.15) is 5.75 Å². The van der Waals surface area contributed by atoms with Gasteiger partial charge in [0.15, 0.2) is 16.7 Å². The normalized spacial score (nSPS) is 18.1. The number of halogens is 1. The number of ether oxygens (including phenoxy) is 1. The van der Waals surface area contributed by atoms with Crippen LogP contribution in [0.25, 0.3) is 0 Å². The molecule has 1 aromatic carbocycles. The molecule has 1 amide bonds. The molecule has 2 aliphatic heterocycles. The largest absolute Gasteiger partial charge is 0.494 e. The highest BCUT2D eigenvalue weighted by Gasteiger charge is 2.30. The minimum absolute atomic E-state index is 0.0202. The van der Waals surface area contributed by atoms with Gasteiger partial charge in [-0.05, 0) is 31.4 Å². The highest BCUT2D eigenvalue weighted by molar-refractivity contribution is 7.88. The molecule has 2 fully saturated rings.